The lowest BCUT2D eigenvalue weighted by atomic mass is 9.38. The van der Waals surface area contributed by atoms with E-state index in [4.69, 9.17) is 0 Å². The number of rotatable bonds is 0. The molecular formula is C20H34O3. The van der Waals surface area contributed by atoms with Crippen LogP contribution in [0.15, 0.2) is 0 Å². The Labute approximate surface area is 140 Å². The summed E-state index contributed by atoms with van der Waals surface area (Å²) in [4.78, 5) is 0. The van der Waals surface area contributed by atoms with Crippen LogP contribution >= 0.6 is 0 Å². The molecule has 3 N–H and O–H groups in total. The fourth-order valence-electron chi connectivity index (χ4n) is 8.20. The highest BCUT2D eigenvalue weighted by atomic mass is 16.3. The van der Waals surface area contributed by atoms with Gasteiger partial charge in [-0.05, 0) is 85.9 Å². The Morgan fingerprint density at radius 2 is 1.52 bits per heavy atom. The minimum atomic E-state index is -0.539. The van der Waals surface area contributed by atoms with Gasteiger partial charge >= 0.3 is 0 Å². The number of aliphatic hydroxyl groups excluding tert-OH is 2. The second kappa shape index (κ2) is 4.53. The standard InChI is InChI=1S/C20H34O3/c1-17(2)10-14(21)11-18(3)16(17)15(22)8-12-7-13-9-20(12,18)6-5-19(13,4)23/h12-16,21-23H,5-11H2,1-4H3/t12-,13+,14+,15-,16+,18+,19+,20-/m1/s1. The van der Waals surface area contributed by atoms with E-state index < -0.39 is 5.60 Å². The summed E-state index contributed by atoms with van der Waals surface area (Å²) in [7, 11) is 0. The summed E-state index contributed by atoms with van der Waals surface area (Å²) >= 11 is 0. The Balaban J connectivity index is 1.81. The molecule has 0 aliphatic heterocycles. The molecule has 0 saturated heterocycles. The van der Waals surface area contributed by atoms with Crippen LogP contribution in [0.1, 0.15) is 72.6 Å². The highest BCUT2D eigenvalue weighted by Gasteiger charge is 2.70. The van der Waals surface area contributed by atoms with Crippen molar-refractivity contribution >= 4 is 0 Å². The normalized spacial score (nSPS) is 60.9. The van der Waals surface area contributed by atoms with Crippen LogP contribution in [0.25, 0.3) is 0 Å². The first-order chi connectivity index (χ1) is 10.5. The summed E-state index contributed by atoms with van der Waals surface area (Å²) in [6.07, 6.45) is 6.08. The highest BCUT2D eigenvalue weighted by Crippen LogP contribution is 2.75. The van der Waals surface area contributed by atoms with Crippen molar-refractivity contribution in [3.63, 3.8) is 0 Å². The summed E-state index contributed by atoms with van der Waals surface area (Å²) in [6, 6.07) is 0. The van der Waals surface area contributed by atoms with Crippen molar-refractivity contribution in [1.29, 1.82) is 0 Å². The van der Waals surface area contributed by atoms with Crippen LogP contribution in [0.5, 0.6) is 0 Å². The number of fused-ring (bicyclic) bond motifs is 2. The maximum absolute atomic E-state index is 11.0. The summed E-state index contributed by atoms with van der Waals surface area (Å²) in [5.74, 6) is 1.14. The summed E-state index contributed by atoms with van der Waals surface area (Å²) in [6.45, 7) is 8.85. The highest BCUT2D eigenvalue weighted by molar-refractivity contribution is 5.20. The first-order valence-electron chi connectivity index (χ1n) is 9.60. The van der Waals surface area contributed by atoms with Crippen LogP contribution in [-0.4, -0.2) is 33.1 Å². The predicted molar refractivity (Wildman–Crippen MR) is 89.7 cm³/mol. The molecule has 0 amide bonds. The first kappa shape index (κ1) is 16.4. The van der Waals surface area contributed by atoms with E-state index in [1.807, 2.05) is 6.92 Å². The van der Waals surface area contributed by atoms with Gasteiger partial charge in [-0.2, -0.15) is 0 Å². The zero-order valence-electron chi connectivity index (χ0n) is 15.2. The summed E-state index contributed by atoms with van der Waals surface area (Å²) < 4.78 is 0. The van der Waals surface area contributed by atoms with Gasteiger partial charge in [0.1, 0.15) is 0 Å². The molecule has 4 aliphatic carbocycles. The van der Waals surface area contributed by atoms with E-state index in [1.165, 1.54) is 0 Å². The largest absolute Gasteiger partial charge is 0.393 e. The van der Waals surface area contributed by atoms with Crippen LogP contribution in [0, 0.1) is 34.0 Å². The van der Waals surface area contributed by atoms with Gasteiger partial charge in [-0.3, -0.25) is 0 Å². The van der Waals surface area contributed by atoms with Crippen LogP contribution in [0.3, 0.4) is 0 Å². The number of aliphatic hydroxyl groups is 3. The maximum atomic E-state index is 11.0. The first-order valence-corrected chi connectivity index (χ1v) is 9.60. The van der Waals surface area contributed by atoms with Gasteiger partial charge in [0.2, 0.25) is 0 Å². The average Bonchev–Trinajstić information content (AvgIpc) is 2.70. The molecule has 23 heavy (non-hydrogen) atoms. The minimum Gasteiger partial charge on any atom is -0.393 e. The Morgan fingerprint density at radius 1 is 0.826 bits per heavy atom. The zero-order valence-corrected chi connectivity index (χ0v) is 15.2. The predicted octanol–water partition coefficient (Wildman–Crippen LogP) is 3.11. The SMILES string of the molecule is CC1(C)C[C@H](O)C[C@@]2(C)[C@H]1[C@H](O)C[C@H]1C[C@H]3C[C@]12CC[C@]3(C)O. The minimum absolute atomic E-state index is 0.0122. The molecule has 1 spiro atoms. The molecule has 132 valence electrons. The van der Waals surface area contributed by atoms with E-state index in [9.17, 15) is 15.3 Å². The average molecular weight is 322 g/mol. The molecule has 3 heteroatoms. The topological polar surface area (TPSA) is 60.7 Å². The number of hydrogen-bond acceptors (Lipinski definition) is 3. The van der Waals surface area contributed by atoms with E-state index in [0.29, 0.717) is 11.8 Å². The van der Waals surface area contributed by atoms with Gasteiger partial charge in [0.05, 0.1) is 17.8 Å². The van der Waals surface area contributed by atoms with Crippen LogP contribution < -0.4 is 0 Å². The van der Waals surface area contributed by atoms with Gasteiger partial charge in [0.25, 0.3) is 0 Å². The fraction of sp³-hybridized carbons (Fsp3) is 1.00. The van der Waals surface area contributed by atoms with E-state index in [-0.39, 0.29) is 34.4 Å². The molecular weight excluding hydrogens is 288 g/mol. The molecule has 4 rings (SSSR count). The lowest BCUT2D eigenvalue weighted by Crippen LogP contribution is -2.64. The zero-order chi connectivity index (χ0) is 16.8. The van der Waals surface area contributed by atoms with Gasteiger partial charge in [-0.1, -0.05) is 20.8 Å². The maximum Gasteiger partial charge on any atom is 0.0648 e. The molecule has 0 heterocycles. The van der Waals surface area contributed by atoms with Gasteiger partial charge in [0, 0.05) is 0 Å². The molecule has 0 aromatic rings. The molecule has 0 radical (unpaired) electrons. The molecule has 4 aliphatic rings. The third-order valence-electron chi connectivity index (χ3n) is 8.92. The Bertz CT molecular complexity index is 513. The van der Waals surface area contributed by atoms with Crippen molar-refractivity contribution in [3.8, 4) is 0 Å². The van der Waals surface area contributed by atoms with E-state index >= 15 is 0 Å². The van der Waals surface area contributed by atoms with Gasteiger partial charge in [0.15, 0.2) is 0 Å². The van der Waals surface area contributed by atoms with Crippen LogP contribution in [-0.2, 0) is 0 Å². The lowest BCUT2D eigenvalue weighted by Gasteiger charge is -2.67. The van der Waals surface area contributed by atoms with Gasteiger partial charge in [-0.25, -0.2) is 0 Å². The van der Waals surface area contributed by atoms with Crippen molar-refractivity contribution in [2.45, 2.75) is 90.4 Å². The Kier molecular flexibility index (Phi) is 3.22. The van der Waals surface area contributed by atoms with Crippen molar-refractivity contribution in [1.82, 2.24) is 0 Å². The second-order valence-corrected chi connectivity index (χ2v) is 10.6. The van der Waals surface area contributed by atoms with E-state index in [0.717, 1.165) is 44.9 Å². The van der Waals surface area contributed by atoms with E-state index in [1.54, 1.807) is 0 Å². The molecule has 2 bridgehead atoms. The smallest absolute Gasteiger partial charge is 0.0648 e. The Morgan fingerprint density at radius 3 is 2.22 bits per heavy atom. The molecule has 3 nitrogen and oxygen atoms in total. The fourth-order valence-corrected chi connectivity index (χ4v) is 8.20. The lowest BCUT2D eigenvalue weighted by molar-refractivity contribution is -0.228. The molecule has 4 saturated carbocycles. The van der Waals surface area contributed by atoms with Gasteiger partial charge in [-0.15, -0.1) is 0 Å². The Hall–Kier alpha value is -0.120. The molecule has 0 unspecified atom stereocenters. The second-order valence-electron chi connectivity index (χ2n) is 10.6. The van der Waals surface area contributed by atoms with Crippen molar-refractivity contribution < 1.29 is 15.3 Å². The van der Waals surface area contributed by atoms with Crippen molar-refractivity contribution in [2.24, 2.45) is 34.0 Å². The van der Waals surface area contributed by atoms with Crippen LogP contribution in [0.2, 0.25) is 0 Å². The molecule has 4 fully saturated rings. The molecule has 8 atom stereocenters. The van der Waals surface area contributed by atoms with Gasteiger partial charge < -0.3 is 15.3 Å². The van der Waals surface area contributed by atoms with Crippen molar-refractivity contribution in [3.05, 3.63) is 0 Å². The quantitative estimate of drug-likeness (QED) is 0.642. The molecule has 0 aromatic carbocycles. The molecule has 0 aromatic heterocycles. The van der Waals surface area contributed by atoms with Crippen molar-refractivity contribution in [2.75, 3.05) is 0 Å². The number of hydrogen-bond donors (Lipinski definition) is 3. The third-order valence-corrected chi connectivity index (χ3v) is 8.92. The monoisotopic (exact) mass is 322 g/mol. The van der Waals surface area contributed by atoms with Crippen LogP contribution in [0.4, 0.5) is 0 Å². The summed E-state index contributed by atoms with van der Waals surface area (Å²) in [5, 5.41) is 32.5. The summed E-state index contributed by atoms with van der Waals surface area (Å²) in [5.41, 5.74) is -0.365. The van der Waals surface area contributed by atoms with E-state index in [2.05, 4.69) is 20.8 Å². The third kappa shape index (κ3) is 1.93.